The summed E-state index contributed by atoms with van der Waals surface area (Å²) in [4.78, 5) is 34.3. The van der Waals surface area contributed by atoms with Gasteiger partial charge in [0.1, 0.15) is 17.2 Å². The van der Waals surface area contributed by atoms with Gasteiger partial charge in [0.2, 0.25) is 0 Å². The second kappa shape index (κ2) is 11.1. The van der Waals surface area contributed by atoms with Crippen molar-refractivity contribution in [3.05, 3.63) is 89.5 Å². The summed E-state index contributed by atoms with van der Waals surface area (Å²) < 4.78 is 15.8. The van der Waals surface area contributed by atoms with E-state index in [1.165, 1.54) is 20.8 Å². The van der Waals surface area contributed by atoms with Crippen LogP contribution in [0.4, 0.5) is 0 Å². The number of carbonyl (C=O) groups is 3. The standard InChI is InChI=1S/C28H26O6/c1-5-27(22-8-6-10-25(16-22)33-19(3)30)28(21-12-14-24(15-13-21)32-18(2)29)23-9-7-11-26(17-23)34-20(4)31/h6-17H,5H2,1-4H3/b28-27+. The number of hydrogen-bond acceptors (Lipinski definition) is 6. The molecule has 6 heteroatoms. The number of benzene rings is 3. The highest BCUT2D eigenvalue weighted by molar-refractivity contribution is 5.99. The number of ether oxygens (including phenoxy) is 3. The molecule has 0 aromatic heterocycles. The minimum Gasteiger partial charge on any atom is -0.427 e. The van der Waals surface area contributed by atoms with E-state index in [2.05, 4.69) is 0 Å². The first-order chi connectivity index (χ1) is 16.3. The predicted octanol–water partition coefficient (Wildman–Crippen LogP) is 5.83. The zero-order chi connectivity index (χ0) is 24.7. The van der Waals surface area contributed by atoms with Gasteiger partial charge in [-0.1, -0.05) is 43.3 Å². The van der Waals surface area contributed by atoms with Crippen LogP contribution in [-0.4, -0.2) is 17.9 Å². The summed E-state index contributed by atoms with van der Waals surface area (Å²) in [7, 11) is 0. The quantitative estimate of drug-likeness (QED) is 0.252. The van der Waals surface area contributed by atoms with Crippen LogP contribution in [0.25, 0.3) is 11.1 Å². The Morgan fingerprint density at radius 3 is 1.56 bits per heavy atom. The monoisotopic (exact) mass is 458 g/mol. The fraction of sp³-hybridized carbons (Fsp3) is 0.179. The van der Waals surface area contributed by atoms with Crippen LogP contribution in [0.15, 0.2) is 72.8 Å². The molecule has 0 aliphatic rings. The molecule has 0 aliphatic carbocycles. The molecule has 0 atom stereocenters. The van der Waals surface area contributed by atoms with Crippen molar-refractivity contribution in [3.63, 3.8) is 0 Å². The average Bonchev–Trinajstić information content (AvgIpc) is 2.77. The van der Waals surface area contributed by atoms with Crippen LogP contribution in [-0.2, 0) is 14.4 Å². The molecule has 0 saturated heterocycles. The Bertz CT molecular complexity index is 1240. The Labute approximate surface area is 198 Å². The van der Waals surface area contributed by atoms with Gasteiger partial charge in [-0.25, -0.2) is 0 Å². The van der Waals surface area contributed by atoms with Crippen LogP contribution in [0, 0.1) is 0 Å². The fourth-order valence-electron chi connectivity index (χ4n) is 3.69. The van der Waals surface area contributed by atoms with Gasteiger partial charge in [0.25, 0.3) is 0 Å². The van der Waals surface area contributed by atoms with Gasteiger partial charge in [0.15, 0.2) is 0 Å². The number of carbonyl (C=O) groups excluding carboxylic acids is 3. The summed E-state index contributed by atoms with van der Waals surface area (Å²) in [5.74, 6) is 0.137. The molecule has 0 saturated carbocycles. The van der Waals surface area contributed by atoms with Crippen LogP contribution < -0.4 is 14.2 Å². The smallest absolute Gasteiger partial charge is 0.308 e. The molecule has 6 nitrogen and oxygen atoms in total. The van der Waals surface area contributed by atoms with Crippen molar-refractivity contribution in [2.75, 3.05) is 0 Å². The normalized spacial score (nSPS) is 11.3. The van der Waals surface area contributed by atoms with Gasteiger partial charge in [-0.3, -0.25) is 14.4 Å². The van der Waals surface area contributed by atoms with Gasteiger partial charge in [0, 0.05) is 20.8 Å². The number of hydrogen-bond donors (Lipinski definition) is 0. The predicted molar refractivity (Wildman–Crippen MR) is 129 cm³/mol. The molecule has 0 radical (unpaired) electrons. The van der Waals surface area contributed by atoms with Gasteiger partial charge >= 0.3 is 17.9 Å². The molecule has 0 unspecified atom stereocenters. The second-order valence-electron chi connectivity index (χ2n) is 7.57. The first-order valence-corrected chi connectivity index (χ1v) is 10.9. The maximum Gasteiger partial charge on any atom is 0.308 e. The van der Waals surface area contributed by atoms with Crippen molar-refractivity contribution < 1.29 is 28.6 Å². The third kappa shape index (κ3) is 6.42. The van der Waals surface area contributed by atoms with Crippen LogP contribution in [0.3, 0.4) is 0 Å². The molecule has 3 aromatic rings. The number of allylic oxidation sites excluding steroid dienone is 1. The van der Waals surface area contributed by atoms with Crippen LogP contribution >= 0.6 is 0 Å². The Kier molecular flexibility index (Phi) is 7.98. The van der Waals surface area contributed by atoms with E-state index >= 15 is 0 Å². The van der Waals surface area contributed by atoms with Gasteiger partial charge in [-0.2, -0.15) is 0 Å². The third-order valence-corrected chi connectivity index (χ3v) is 4.89. The van der Waals surface area contributed by atoms with E-state index in [9.17, 15) is 14.4 Å². The van der Waals surface area contributed by atoms with Crippen LogP contribution in [0.2, 0.25) is 0 Å². The molecular weight excluding hydrogens is 432 g/mol. The molecule has 34 heavy (non-hydrogen) atoms. The Balaban J connectivity index is 2.21. The first-order valence-electron chi connectivity index (χ1n) is 10.9. The summed E-state index contributed by atoms with van der Waals surface area (Å²) in [6.07, 6.45) is 0.669. The van der Waals surface area contributed by atoms with E-state index in [1.54, 1.807) is 24.3 Å². The zero-order valence-electron chi connectivity index (χ0n) is 19.6. The maximum atomic E-state index is 11.5. The molecule has 0 N–H and O–H groups in total. The van der Waals surface area contributed by atoms with Gasteiger partial charge in [-0.15, -0.1) is 0 Å². The lowest BCUT2D eigenvalue weighted by atomic mass is 9.88. The summed E-state index contributed by atoms with van der Waals surface area (Å²) in [5.41, 5.74) is 4.51. The molecule has 0 aliphatic heterocycles. The highest BCUT2D eigenvalue weighted by atomic mass is 16.5. The lowest BCUT2D eigenvalue weighted by Crippen LogP contribution is -2.03. The lowest BCUT2D eigenvalue weighted by molar-refractivity contribution is -0.132. The Morgan fingerprint density at radius 2 is 1.06 bits per heavy atom. The SMILES string of the molecule is CC/C(=C(/c1ccc(OC(C)=O)cc1)c1cccc(OC(C)=O)c1)c1cccc(OC(C)=O)c1. The Morgan fingerprint density at radius 1 is 0.588 bits per heavy atom. The molecule has 174 valence electrons. The topological polar surface area (TPSA) is 78.9 Å². The van der Waals surface area contributed by atoms with E-state index in [1.807, 2.05) is 55.5 Å². The maximum absolute atomic E-state index is 11.5. The molecule has 0 fully saturated rings. The molecule has 0 spiro atoms. The zero-order valence-corrected chi connectivity index (χ0v) is 19.6. The minimum atomic E-state index is -0.404. The highest BCUT2D eigenvalue weighted by Crippen LogP contribution is 2.37. The van der Waals surface area contributed by atoms with Crippen molar-refractivity contribution in [1.82, 2.24) is 0 Å². The molecule has 0 bridgehead atoms. The summed E-state index contributed by atoms with van der Waals surface area (Å²) in [6, 6.07) is 21.8. The molecule has 0 amide bonds. The fourth-order valence-corrected chi connectivity index (χ4v) is 3.69. The lowest BCUT2D eigenvalue weighted by Gasteiger charge is -2.18. The average molecular weight is 459 g/mol. The van der Waals surface area contributed by atoms with Crippen molar-refractivity contribution in [2.45, 2.75) is 34.1 Å². The minimum absolute atomic E-state index is 0.394. The van der Waals surface area contributed by atoms with Gasteiger partial charge in [0.05, 0.1) is 0 Å². The van der Waals surface area contributed by atoms with Crippen molar-refractivity contribution in [2.24, 2.45) is 0 Å². The molecule has 0 heterocycles. The van der Waals surface area contributed by atoms with E-state index in [0.29, 0.717) is 23.7 Å². The largest absolute Gasteiger partial charge is 0.427 e. The molecule has 3 aromatic carbocycles. The van der Waals surface area contributed by atoms with Crippen molar-refractivity contribution >= 4 is 29.1 Å². The van der Waals surface area contributed by atoms with Gasteiger partial charge in [-0.05, 0) is 70.7 Å². The number of esters is 3. The van der Waals surface area contributed by atoms with Gasteiger partial charge < -0.3 is 14.2 Å². The molecular formula is C28H26O6. The second-order valence-corrected chi connectivity index (χ2v) is 7.57. The Hall–Kier alpha value is -4.19. The van der Waals surface area contributed by atoms with E-state index in [0.717, 1.165) is 27.8 Å². The first kappa shape index (κ1) is 24.5. The van der Waals surface area contributed by atoms with Crippen molar-refractivity contribution in [1.29, 1.82) is 0 Å². The van der Waals surface area contributed by atoms with E-state index in [4.69, 9.17) is 14.2 Å². The summed E-state index contributed by atoms with van der Waals surface area (Å²) in [6.45, 7) is 6.11. The van der Waals surface area contributed by atoms with Crippen LogP contribution in [0.1, 0.15) is 50.8 Å². The molecule has 3 rings (SSSR count). The van der Waals surface area contributed by atoms with E-state index in [-0.39, 0.29) is 0 Å². The third-order valence-electron chi connectivity index (χ3n) is 4.89. The highest BCUT2D eigenvalue weighted by Gasteiger charge is 2.15. The summed E-state index contributed by atoms with van der Waals surface area (Å²) in [5, 5.41) is 0. The van der Waals surface area contributed by atoms with Crippen molar-refractivity contribution in [3.8, 4) is 17.2 Å². The number of rotatable bonds is 7. The summed E-state index contributed by atoms with van der Waals surface area (Å²) >= 11 is 0. The van der Waals surface area contributed by atoms with E-state index < -0.39 is 17.9 Å². The van der Waals surface area contributed by atoms with Crippen LogP contribution in [0.5, 0.6) is 17.2 Å².